The normalized spacial score (nSPS) is 22.3. The topological polar surface area (TPSA) is 116 Å². The first-order chi connectivity index (χ1) is 13.6. The van der Waals surface area contributed by atoms with Gasteiger partial charge < -0.3 is 15.2 Å². The summed E-state index contributed by atoms with van der Waals surface area (Å²) in [6.45, 7) is 4.71. The highest BCUT2D eigenvalue weighted by atomic mass is 16.5. The number of nitrogens with zero attached hydrogens (tertiary/aromatic N) is 3. The molecular formula is C22H22N4O2. The van der Waals surface area contributed by atoms with Crippen molar-refractivity contribution in [3.63, 3.8) is 0 Å². The molecule has 2 aliphatic carbocycles. The van der Waals surface area contributed by atoms with Gasteiger partial charge in [-0.25, -0.2) is 0 Å². The Hall–Kier alpha value is -3.43. The fraction of sp³-hybridized carbons (Fsp3) is 0.409. The van der Waals surface area contributed by atoms with Gasteiger partial charge in [-0.15, -0.1) is 0 Å². The zero-order valence-electron chi connectivity index (χ0n) is 16.0. The van der Waals surface area contributed by atoms with Crippen LogP contribution < -0.4 is 15.2 Å². The number of nitrogens with two attached hydrogens (primary N) is 1. The number of hydrogen-bond acceptors (Lipinski definition) is 6. The van der Waals surface area contributed by atoms with E-state index in [2.05, 4.69) is 18.2 Å². The number of ether oxygens (including phenoxy) is 2. The summed E-state index contributed by atoms with van der Waals surface area (Å²) in [5.41, 5.74) is 6.49. The number of benzene rings is 1. The van der Waals surface area contributed by atoms with Gasteiger partial charge >= 0.3 is 0 Å². The van der Waals surface area contributed by atoms with Crippen molar-refractivity contribution in [3.05, 3.63) is 46.7 Å². The van der Waals surface area contributed by atoms with Gasteiger partial charge in [0.2, 0.25) is 0 Å². The van der Waals surface area contributed by atoms with Crippen molar-refractivity contribution in [2.75, 3.05) is 13.2 Å². The molecule has 1 aromatic carbocycles. The van der Waals surface area contributed by atoms with Crippen LogP contribution in [-0.2, 0) is 0 Å². The molecule has 0 saturated heterocycles. The lowest BCUT2D eigenvalue weighted by Gasteiger charge is -2.40. The maximum absolute atomic E-state index is 10.1. The Morgan fingerprint density at radius 1 is 1.14 bits per heavy atom. The fourth-order valence-electron chi connectivity index (χ4n) is 4.35. The van der Waals surface area contributed by atoms with Gasteiger partial charge in [0.05, 0.1) is 36.6 Å². The van der Waals surface area contributed by atoms with Crippen molar-refractivity contribution >= 4 is 0 Å². The van der Waals surface area contributed by atoms with Crippen LogP contribution in [0.1, 0.15) is 38.2 Å². The van der Waals surface area contributed by atoms with Gasteiger partial charge in [-0.05, 0) is 56.4 Å². The second-order valence-electron chi connectivity index (χ2n) is 6.82. The third kappa shape index (κ3) is 2.77. The highest BCUT2D eigenvalue weighted by molar-refractivity contribution is 5.61. The fourth-order valence-corrected chi connectivity index (χ4v) is 4.35. The summed E-state index contributed by atoms with van der Waals surface area (Å²) in [5, 5.41) is 29.8. The average molecular weight is 374 g/mol. The Morgan fingerprint density at radius 2 is 1.86 bits per heavy atom. The molecule has 1 aromatic rings. The molecule has 3 rings (SSSR count). The van der Waals surface area contributed by atoms with E-state index in [4.69, 9.17) is 15.2 Å². The molecule has 0 aromatic heterocycles. The van der Waals surface area contributed by atoms with Crippen LogP contribution in [0.25, 0.3) is 0 Å². The Kier molecular flexibility index (Phi) is 5.30. The van der Waals surface area contributed by atoms with E-state index in [1.807, 2.05) is 32.1 Å². The van der Waals surface area contributed by atoms with E-state index in [0.717, 1.165) is 18.4 Å². The predicted octanol–water partition coefficient (Wildman–Crippen LogP) is 3.69. The molecule has 0 unspecified atom stereocenters. The SMILES string of the molecule is CCOc1ccc(OCC)c([C@H]2[C@@H]3CCC=C3C(C#N)=C(N)C2(C#N)C#N)c1. The van der Waals surface area contributed by atoms with Crippen molar-refractivity contribution in [1.29, 1.82) is 15.8 Å². The van der Waals surface area contributed by atoms with Crippen LogP contribution in [0.2, 0.25) is 0 Å². The lowest BCUT2D eigenvalue weighted by Crippen LogP contribution is -2.41. The Balaban J connectivity index is 2.31. The summed E-state index contributed by atoms with van der Waals surface area (Å²) in [6, 6.07) is 11.9. The first kappa shape index (κ1) is 19.3. The van der Waals surface area contributed by atoms with E-state index >= 15 is 0 Å². The highest BCUT2D eigenvalue weighted by Gasteiger charge is 2.55. The molecule has 0 amide bonds. The molecule has 0 saturated carbocycles. The number of hydrogen-bond donors (Lipinski definition) is 1. The van der Waals surface area contributed by atoms with Crippen LogP contribution in [0.4, 0.5) is 0 Å². The first-order valence-corrected chi connectivity index (χ1v) is 9.40. The van der Waals surface area contributed by atoms with Gasteiger partial charge in [0.25, 0.3) is 0 Å². The van der Waals surface area contributed by atoms with Gasteiger partial charge in [-0.2, -0.15) is 15.8 Å². The van der Waals surface area contributed by atoms with Crippen LogP contribution in [0.15, 0.2) is 41.1 Å². The van der Waals surface area contributed by atoms with Crippen molar-refractivity contribution in [3.8, 4) is 29.7 Å². The highest BCUT2D eigenvalue weighted by Crippen LogP contribution is 2.58. The molecule has 0 spiro atoms. The van der Waals surface area contributed by atoms with Crippen LogP contribution in [0.5, 0.6) is 11.5 Å². The third-order valence-electron chi connectivity index (χ3n) is 5.48. The Bertz CT molecular complexity index is 958. The smallest absolute Gasteiger partial charge is 0.191 e. The molecule has 0 radical (unpaired) electrons. The molecule has 142 valence electrons. The molecule has 2 aliphatic rings. The molecule has 6 nitrogen and oxygen atoms in total. The van der Waals surface area contributed by atoms with Crippen LogP contribution in [-0.4, -0.2) is 13.2 Å². The summed E-state index contributed by atoms with van der Waals surface area (Å²) in [7, 11) is 0. The molecule has 28 heavy (non-hydrogen) atoms. The van der Waals surface area contributed by atoms with E-state index in [1.54, 1.807) is 6.07 Å². The average Bonchev–Trinajstić information content (AvgIpc) is 3.18. The largest absolute Gasteiger partial charge is 0.494 e. The second-order valence-corrected chi connectivity index (χ2v) is 6.82. The predicted molar refractivity (Wildman–Crippen MR) is 103 cm³/mol. The van der Waals surface area contributed by atoms with Crippen molar-refractivity contribution < 1.29 is 9.47 Å². The number of rotatable bonds is 5. The zero-order valence-corrected chi connectivity index (χ0v) is 16.0. The summed E-state index contributed by atoms with van der Waals surface area (Å²) in [4.78, 5) is 0. The molecule has 0 bridgehead atoms. The summed E-state index contributed by atoms with van der Waals surface area (Å²) in [6.07, 6.45) is 3.51. The molecule has 2 N–H and O–H groups in total. The molecule has 2 atom stereocenters. The summed E-state index contributed by atoms with van der Waals surface area (Å²) < 4.78 is 11.5. The minimum absolute atomic E-state index is 0.0265. The minimum atomic E-state index is -1.64. The van der Waals surface area contributed by atoms with E-state index in [1.165, 1.54) is 0 Å². The van der Waals surface area contributed by atoms with Gasteiger partial charge in [0.1, 0.15) is 17.6 Å². The first-order valence-electron chi connectivity index (χ1n) is 9.40. The summed E-state index contributed by atoms with van der Waals surface area (Å²) in [5.74, 6) is 0.542. The van der Waals surface area contributed by atoms with Gasteiger partial charge in [0, 0.05) is 11.5 Å². The number of allylic oxidation sites excluding steroid dienone is 4. The van der Waals surface area contributed by atoms with Crippen LogP contribution >= 0.6 is 0 Å². The van der Waals surface area contributed by atoms with Crippen LogP contribution in [0.3, 0.4) is 0 Å². The molecule has 0 fully saturated rings. The van der Waals surface area contributed by atoms with E-state index in [0.29, 0.717) is 30.3 Å². The Morgan fingerprint density at radius 3 is 2.46 bits per heavy atom. The monoisotopic (exact) mass is 374 g/mol. The third-order valence-corrected chi connectivity index (χ3v) is 5.48. The van der Waals surface area contributed by atoms with Gasteiger partial charge in [0.15, 0.2) is 5.41 Å². The van der Waals surface area contributed by atoms with Crippen molar-refractivity contribution in [2.24, 2.45) is 17.1 Å². The van der Waals surface area contributed by atoms with Gasteiger partial charge in [-0.1, -0.05) is 6.08 Å². The molecule has 0 heterocycles. The van der Waals surface area contributed by atoms with Crippen molar-refractivity contribution in [2.45, 2.75) is 32.6 Å². The summed E-state index contributed by atoms with van der Waals surface area (Å²) >= 11 is 0. The van der Waals surface area contributed by atoms with E-state index in [-0.39, 0.29) is 17.2 Å². The standard InChI is InChI=1S/C22H22N4O2/c1-3-27-14-8-9-19(28-4-2)17(10-14)20-16-7-5-6-15(16)18(11-23)21(26)22(20,12-24)13-25/h6,8-10,16,20H,3-5,7,26H2,1-2H3/t16-,20-/m1/s1. The Labute approximate surface area is 165 Å². The number of nitriles is 3. The van der Waals surface area contributed by atoms with Crippen molar-refractivity contribution in [1.82, 2.24) is 0 Å². The number of fused-ring (bicyclic) bond motifs is 1. The zero-order chi connectivity index (χ0) is 20.3. The lowest BCUT2D eigenvalue weighted by molar-refractivity contribution is 0.300. The van der Waals surface area contributed by atoms with E-state index < -0.39 is 11.3 Å². The maximum atomic E-state index is 10.1. The quantitative estimate of drug-likeness (QED) is 0.840. The van der Waals surface area contributed by atoms with Crippen LogP contribution in [0, 0.1) is 45.3 Å². The van der Waals surface area contributed by atoms with Gasteiger partial charge in [-0.3, -0.25) is 0 Å². The molecular weight excluding hydrogens is 352 g/mol. The maximum Gasteiger partial charge on any atom is 0.191 e. The minimum Gasteiger partial charge on any atom is -0.494 e. The lowest BCUT2D eigenvalue weighted by atomic mass is 9.59. The molecule has 0 aliphatic heterocycles. The second kappa shape index (κ2) is 7.67. The van der Waals surface area contributed by atoms with E-state index in [9.17, 15) is 15.8 Å². The molecule has 6 heteroatoms.